The molecule has 0 aromatic heterocycles. The third-order valence-corrected chi connectivity index (χ3v) is 5.25. The second kappa shape index (κ2) is 7.84. The molecule has 2 fully saturated rings. The fraction of sp³-hybridized carbons (Fsp3) is 0.611. The predicted octanol–water partition coefficient (Wildman–Crippen LogP) is 1.81. The van der Waals surface area contributed by atoms with Gasteiger partial charge in [-0.25, -0.2) is 0 Å². The predicted molar refractivity (Wildman–Crippen MR) is 91.9 cm³/mol. The van der Waals surface area contributed by atoms with Gasteiger partial charge in [0.15, 0.2) is 0 Å². The van der Waals surface area contributed by atoms with Gasteiger partial charge in [-0.05, 0) is 31.0 Å². The van der Waals surface area contributed by atoms with Gasteiger partial charge in [-0.15, -0.1) is 0 Å². The Morgan fingerprint density at radius 1 is 1.15 bits per heavy atom. The third-order valence-electron chi connectivity index (χ3n) is 5.25. The summed E-state index contributed by atoms with van der Waals surface area (Å²) in [5.41, 5.74) is -0.0249. The first-order valence-corrected chi connectivity index (χ1v) is 8.93. The van der Waals surface area contributed by atoms with E-state index in [-0.39, 0.29) is 11.9 Å². The molecule has 2 saturated heterocycles. The molecule has 3 rings (SSSR count). The summed E-state index contributed by atoms with van der Waals surface area (Å²) in [6.07, 6.45) is -2.42. The number of nitrogens with zero attached hydrogens (tertiary/aromatic N) is 3. The van der Waals surface area contributed by atoms with Crippen LogP contribution in [0.4, 0.5) is 18.9 Å². The zero-order chi connectivity index (χ0) is 18.7. The van der Waals surface area contributed by atoms with E-state index in [0.29, 0.717) is 31.9 Å². The molecule has 0 aliphatic carbocycles. The summed E-state index contributed by atoms with van der Waals surface area (Å²) >= 11 is 0. The number of amides is 1. The lowest BCUT2D eigenvalue weighted by atomic mass is 10.0. The van der Waals surface area contributed by atoms with Gasteiger partial charge in [-0.1, -0.05) is 6.07 Å². The third kappa shape index (κ3) is 4.29. The number of benzene rings is 1. The van der Waals surface area contributed by atoms with Crippen LogP contribution in [0.15, 0.2) is 24.3 Å². The topological polar surface area (TPSA) is 47.0 Å². The molecule has 144 valence electrons. The Kier molecular flexibility index (Phi) is 5.72. The van der Waals surface area contributed by atoms with E-state index in [4.69, 9.17) is 5.11 Å². The number of alkyl halides is 3. The highest BCUT2D eigenvalue weighted by molar-refractivity contribution is 5.77. The first-order chi connectivity index (χ1) is 12.4. The zero-order valence-corrected chi connectivity index (χ0v) is 14.6. The van der Waals surface area contributed by atoms with Crippen molar-refractivity contribution >= 4 is 11.6 Å². The normalized spacial score (nSPS) is 22.5. The van der Waals surface area contributed by atoms with Gasteiger partial charge in [0, 0.05) is 51.0 Å². The summed E-state index contributed by atoms with van der Waals surface area (Å²) in [6, 6.07) is 5.71. The largest absolute Gasteiger partial charge is 0.416 e. The van der Waals surface area contributed by atoms with E-state index in [9.17, 15) is 18.0 Å². The average Bonchev–Trinajstić information content (AvgIpc) is 2.67. The SMILES string of the molecule is O=C(CO)N1CCC[C@@H](N2CCN(c3cccc(C(F)(F)F)c3)CC2)C1. The molecule has 26 heavy (non-hydrogen) atoms. The van der Waals surface area contributed by atoms with Crippen LogP contribution in [-0.2, 0) is 11.0 Å². The van der Waals surface area contributed by atoms with Crippen molar-refractivity contribution < 1.29 is 23.1 Å². The van der Waals surface area contributed by atoms with Crippen LogP contribution in [0, 0.1) is 0 Å². The Morgan fingerprint density at radius 2 is 1.88 bits per heavy atom. The molecule has 2 aliphatic rings. The summed E-state index contributed by atoms with van der Waals surface area (Å²) in [5.74, 6) is -0.239. The van der Waals surface area contributed by atoms with Crippen LogP contribution >= 0.6 is 0 Å². The van der Waals surface area contributed by atoms with E-state index in [1.165, 1.54) is 12.1 Å². The van der Waals surface area contributed by atoms with Gasteiger partial charge in [0.25, 0.3) is 0 Å². The minimum atomic E-state index is -4.33. The van der Waals surface area contributed by atoms with E-state index in [2.05, 4.69) is 4.90 Å². The minimum absolute atomic E-state index is 0.239. The van der Waals surface area contributed by atoms with Crippen LogP contribution in [0.3, 0.4) is 0 Å². The van der Waals surface area contributed by atoms with Gasteiger partial charge in [-0.2, -0.15) is 13.2 Å². The van der Waals surface area contributed by atoms with Gasteiger partial charge in [0.05, 0.1) is 5.56 Å². The molecule has 1 aromatic carbocycles. The number of piperazine rings is 1. The number of halogens is 3. The van der Waals surface area contributed by atoms with E-state index >= 15 is 0 Å². The van der Waals surface area contributed by atoms with E-state index in [1.807, 2.05) is 4.90 Å². The molecule has 1 atom stereocenters. The first-order valence-electron chi connectivity index (χ1n) is 8.93. The Labute approximate surface area is 151 Å². The number of anilines is 1. The highest BCUT2D eigenvalue weighted by atomic mass is 19.4. The number of hydrogen-bond donors (Lipinski definition) is 1. The highest BCUT2D eigenvalue weighted by Gasteiger charge is 2.32. The van der Waals surface area contributed by atoms with Crippen molar-refractivity contribution in [3.8, 4) is 0 Å². The van der Waals surface area contributed by atoms with Gasteiger partial charge < -0.3 is 14.9 Å². The van der Waals surface area contributed by atoms with Crippen LogP contribution in [0.1, 0.15) is 18.4 Å². The van der Waals surface area contributed by atoms with Crippen molar-refractivity contribution in [2.75, 3.05) is 50.8 Å². The molecule has 1 N–H and O–H groups in total. The molecule has 0 radical (unpaired) electrons. The molecule has 5 nitrogen and oxygen atoms in total. The number of carbonyl (C=O) groups is 1. The molecule has 8 heteroatoms. The molecule has 2 aliphatic heterocycles. The second-order valence-electron chi connectivity index (χ2n) is 6.87. The Hall–Kier alpha value is -1.80. The van der Waals surface area contributed by atoms with Gasteiger partial charge in [0.1, 0.15) is 6.61 Å². The summed E-state index contributed by atoms with van der Waals surface area (Å²) in [7, 11) is 0. The fourth-order valence-corrected chi connectivity index (χ4v) is 3.80. The lowest BCUT2D eigenvalue weighted by Crippen LogP contribution is -2.56. The molecular weight excluding hydrogens is 347 g/mol. The molecule has 0 spiro atoms. The average molecular weight is 371 g/mol. The summed E-state index contributed by atoms with van der Waals surface area (Å²) in [4.78, 5) is 17.7. The maximum Gasteiger partial charge on any atom is 0.416 e. The zero-order valence-electron chi connectivity index (χ0n) is 14.6. The summed E-state index contributed by atoms with van der Waals surface area (Å²) in [6.45, 7) is 3.65. The Bertz CT molecular complexity index is 630. The minimum Gasteiger partial charge on any atom is -0.387 e. The maximum absolute atomic E-state index is 12.9. The molecule has 0 saturated carbocycles. The molecule has 0 unspecified atom stereocenters. The molecule has 1 amide bonds. The van der Waals surface area contributed by atoms with Gasteiger partial charge in [-0.3, -0.25) is 9.69 Å². The van der Waals surface area contributed by atoms with Crippen molar-refractivity contribution in [1.82, 2.24) is 9.80 Å². The smallest absolute Gasteiger partial charge is 0.387 e. The highest BCUT2D eigenvalue weighted by Crippen LogP contribution is 2.32. The van der Waals surface area contributed by atoms with E-state index in [1.54, 1.807) is 11.0 Å². The Balaban J connectivity index is 1.58. The number of aliphatic hydroxyl groups is 1. The summed E-state index contributed by atoms with van der Waals surface area (Å²) < 4.78 is 38.7. The monoisotopic (exact) mass is 371 g/mol. The summed E-state index contributed by atoms with van der Waals surface area (Å²) in [5, 5.41) is 9.03. The van der Waals surface area contributed by atoms with Crippen molar-refractivity contribution in [1.29, 1.82) is 0 Å². The van der Waals surface area contributed by atoms with Crippen molar-refractivity contribution in [2.45, 2.75) is 25.1 Å². The van der Waals surface area contributed by atoms with Crippen LogP contribution in [0.25, 0.3) is 0 Å². The number of piperidine rings is 1. The number of aliphatic hydroxyl groups excluding tert-OH is 1. The number of carbonyl (C=O) groups excluding carboxylic acids is 1. The van der Waals surface area contributed by atoms with Crippen LogP contribution in [0.5, 0.6) is 0 Å². The lowest BCUT2D eigenvalue weighted by Gasteiger charge is -2.44. The van der Waals surface area contributed by atoms with Crippen molar-refractivity contribution in [3.05, 3.63) is 29.8 Å². The quantitative estimate of drug-likeness (QED) is 0.881. The van der Waals surface area contributed by atoms with Crippen molar-refractivity contribution in [2.24, 2.45) is 0 Å². The van der Waals surface area contributed by atoms with Crippen LogP contribution < -0.4 is 4.90 Å². The van der Waals surface area contributed by atoms with Crippen LogP contribution in [0.2, 0.25) is 0 Å². The van der Waals surface area contributed by atoms with E-state index < -0.39 is 18.3 Å². The van der Waals surface area contributed by atoms with Gasteiger partial charge in [0.2, 0.25) is 5.91 Å². The second-order valence-corrected chi connectivity index (χ2v) is 6.87. The molecule has 0 bridgehead atoms. The van der Waals surface area contributed by atoms with Crippen LogP contribution in [-0.4, -0.2) is 72.7 Å². The number of likely N-dealkylation sites (tertiary alicyclic amines) is 1. The first kappa shape index (κ1) is 19.0. The number of hydrogen-bond acceptors (Lipinski definition) is 4. The fourth-order valence-electron chi connectivity index (χ4n) is 3.80. The Morgan fingerprint density at radius 3 is 2.54 bits per heavy atom. The van der Waals surface area contributed by atoms with E-state index in [0.717, 1.165) is 32.0 Å². The molecule has 1 aromatic rings. The number of rotatable bonds is 3. The van der Waals surface area contributed by atoms with Crippen molar-refractivity contribution in [3.63, 3.8) is 0 Å². The standard InChI is InChI=1S/C18H24F3N3O2/c19-18(20,21)14-3-1-4-15(11-14)22-7-9-23(10-8-22)16-5-2-6-24(12-16)17(26)13-25/h1,3-4,11,16,25H,2,5-10,12-13H2/t16-/m1/s1. The molecular formula is C18H24F3N3O2. The maximum atomic E-state index is 12.9. The van der Waals surface area contributed by atoms with Gasteiger partial charge >= 0.3 is 6.18 Å². The lowest BCUT2D eigenvalue weighted by molar-refractivity contribution is -0.138. The molecule has 2 heterocycles.